The third-order valence-electron chi connectivity index (χ3n) is 3.89. The molecule has 1 aliphatic heterocycles. The van der Waals surface area contributed by atoms with Crippen molar-refractivity contribution in [2.24, 2.45) is 0 Å². The van der Waals surface area contributed by atoms with Crippen LogP contribution < -0.4 is 5.73 Å². The standard InChI is InChI=1S/C15H20N4/c1-2-19-9-7-17-15(19)11-18-8-6-13-12(10-18)4-3-5-14(13)16/h3-5,7,9H,2,6,8,10-11,16H2,1H3. The molecule has 1 aliphatic rings. The van der Waals surface area contributed by atoms with Crippen LogP contribution in [0.2, 0.25) is 0 Å². The quantitative estimate of drug-likeness (QED) is 0.855. The fraction of sp³-hybridized carbons (Fsp3) is 0.400. The number of nitrogen functional groups attached to an aromatic ring is 1. The molecule has 19 heavy (non-hydrogen) atoms. The molecule has 4 nitrogen and oxygen atoms in total. The van der Waals surface area contributed by atoms with E-state index < -0.39 is 0 Å². The molecular formula is C15H20N4. The van der Waals surface area contributed by atoms with Crippen molar-refractivity contribution in [3.05, 3.63) is 47.5 Å². The van der Waals surface area contributed by atoms with E-state index in [4.69, 9.17) is 5.73 Å². The summed E-state index contributed by atoms with van der Waals surface area (Å²) in [5, 5.41) is 0. The SMILES string of the molecule is CCn1ccnc1CN1CCc2c(N)cccc2C1. The van der Waals surface area contributed by atoms with E-state index in [1.54, 1.807) is 0 Å². The molecule has 1 aromatic carbocycles. The summed E-state index contributed by atoms with van der Waals surface area (Å²) < 4.78 is 2.20. The van der Waals surface area contributed by atoms with Crippen LogP contribution in [0.15, 0.2) is 30.6 Å². The fourth-order valence-corrected chi connectivity index (χ4v) is 2.81. The number of rotatable bonds is 3. The Balaban J connectivity index is 1.76. The highest BCUT2D eigenvalue weighted by atomic mass is 15.2. The van der Waals surface area contributed by atoms with Crippen molar-refractivity contribution >= 4 is 5.69 Å². The third kappa shape index (κ3) is 2.36. The van der Waals surface area contributed by atoms with Gasteiger partial charge in [0.25, 0.3) is 0 Å². The highest BCUT2D eigenvalue weighted by molar-refractivity contribution is 5.51. The van der Waals surface area contributed by atoms with Gasteiger partial charge in [-0.2, -0.15) is 0 Å². The molecule has 2 heterocycles. The number of fused-ring (bicyclic) bond motifs is 1. The first-order valence-electron chi connectivity index (χ1n) is 6.86. The molecule has 2 aromatic rings. The summed E-state index contributed by atoms with van der Waals surface area (Å²) in [5.41, 5.74) is 9.66. The Morgan fingerprint density at radius 1 is 1.37 bits per heavy atom. The minimum Gasteiger partial charge on any atom is -0.398 e. The molecule has 0 saturated carbocycles. The summed E-state index contributed by atoms with van der Waals surface area (Å²) in [6.07, 6.45) is 4.97. The van der Waals surface area contributed by atoms with Crippen LogP contribution in [0.5, 0.6) is 0 Å². The molecule has 4 heteroatoms. The maximum Gasteiger partial charge on any atom is 0.122 e. The number of hydrogen-bond donors (Lipinski definition) is 1. The Labute approximate surface area is 113 Å². The van der Waals surface area contributed by atoms with Crippen LogP contribution in [-0.2, 0) is 26.1 Å². The maximum absolute atomic E-state index is 6.03. The van der Waals surface area contributed by atoms with Gasteiger partial charge in [-0.25, -0.2) is 4.98 Å². The molecular weight excluding hydrogens is 236 g/mol. The number of imidazole rings is 1. The summed E-state index contributed by atoms with van der Waals surface area (Å²) in [6.45, 7) is 6.06. The van der Waals surface area contributed by atoms with Crippen LogP contribution in [0.1, 0.15) is 23.9 Å². The number of nitrogens with zero attached hydrogens (tertiary/aromatic N) is 3. The molecule has 3 rings (SSSR count). The van der Waals surface area contributed by atoms with Crippen LogP contribution in [0.4, 0.5) is 5.69 Å². The Bertz CT molecular complexity index is 573. The Morgan fingerprint density at radius 3 is 3.11 bits per heavy atom. The Morgan fingerprint density at radius 2 is 2.26 bits per heavy atom. The topological polar surface area (TPSA) is 47.1 Å². The highest BCUT2D eigenvalue weighted by Crippen LogP contribution is 2.24. The van der Waals surface area contributed by atoms with E-state index in [0.29, 0.717) is 0 Å². The molecule has 100 valence electrons. The van der Waals surface area contributed by atoms with Gasteiger partial charge < -0.3 is 10.3 Å². The van der Waals surface area contributed by atoms with Crippen LogP contribution in [0, 0.1) is 0 Å². The molecule has 0 spiro atoms. The summed E-state index contributed by atoms with van der Waals surface area (Å²) in [7, 11) is 0. The van der Waals surface area contributed by atoms with E-state index in [2.05, 4.69) is 27.4 Å². The smallest absolute Gasteiger partial charge is 0.122 e. The predicted octanol–water partition coefficient (Wildman–Crippen LogP) is 2.04. The number of hydrogen-bond acceptors (Lipinski definition) is 3. The van der Waals surface area contributed by atoms with Gasteiger partial charge in [0.1, 0.15) is 5.82 Å². The van der Waals surface area contributed by atoms with E-state index in [-0.39, 0.29) is 0 Å². The monoisotopic (exact) mass is 256 g/mol. The fourth-order valence-electron chi connectivity index (χ4n) is 2.81. The predicted molar refractivity (Wildman–Crippen MR) is 76.6 cm³/mol. The number of aryl methyl sites for hydroxylation is 1. The van der Waals surface area contributed by atoms with Crippen LogP contribution in [0.3, 0.4) is 0 Å². The van der Waals surface area contributed by atoms with Crippen molar-refractivity contribution in [2.75, 3.05) is 12.3 Å². The van der Waals surface area contributed by atoms with E-state index in [1.165, 1.54) is 11.1 Å². The highest BCUT2D eigenvalue weighted by Gasteiger charge is 2.19. The summed E-state index contributed by atoms with van der Waals surface area (Å²) in [4.78, 5) is 6.89. The van der Waals surface area contributed by atoms with Crippen molar-refractivity contribution in [1.82, 2.24) is 14.5 Å². The van der Waals surface area contributed by atoms with Gasteiger partial charge >= 0.3 is 0 Å². The molecule has 0 fully saturated rings. The second-order valence-corrected chi connectivity index (χ2v) is 5.08. The van der Waals surface area contributed by atoms with Crippen molar-refractivity contribution in [1.29, 1.82) is 0 Å². The normalized spacial score (nSPS) is 15.4. The zero-order chi connectivity index (χ0) is 13.2. The largest absolute Gasteiger partial charge is 0.398 e. The van der Waals surface area contributed by atoms with Crippen LogP contribution >= 0.6 is 0 Å². The molecule has 0 atom stereocenters. The molecule has 0 bridgehead atoms. The lowest BCUT2D eigenvalue weighted by molar-refractivity contribution is 0.236. The third-order valence-corrected chi connectivity index (χ3v) is 3.89. The van der Waals surface area contributed by atoms with Gasteiger partial charge in [-0.3, -0.25) is 4.90 Å². The molecule has 0 amide bonds. The number of aromatic nitrogens is 2. The minimum absolute atomic E-state index is 0.912. The lowest BCUT2D eigenvalue weighted by Gasteiger charge is -2.29. The van der Waals surface area contributed by atoms with Crippen LogP contribution in [-0.4, -0.2) is 21.0 Å². The van der Waals surface area contributed by atoms with Gasteiger partial charge in [-0.1, -0.05) is 12.1 Å². The van der Waals surface area contributed by atoms with Crippen LogP contribution in [0.25, 0.3) is 0 Å². The van der Waals surface area contributed by atoms with Gasteiger partial charge in [-0.15, -0.1) is 0 Å². The first kappa shape index (κ1) is 12.2. The Kier molecular flexibility index (Phi) is 3.25. The zero-order valence-corrected chi connectivity index (χ0v) is 11.3. The van der Waals surface area contributed by atoms with Gasteiger partial charge in [0.05, 0.1) is 6.54 Å². The van der Waals surface area contributed by atoms with E-state index in [1.807, 2.05) is 24.5 Å². The molecule has 0 aliphatic carbocycles. The number of benzene rings is 1. The zero-order valence-electron chi connectivity index (χ0n) is 11.3. The average Bonchev–Trinajstić information content (AvgIpc) is 2.86. The van der Waals surface area contributed by atoms with Crippen molar-refractivity contribution in [3.8, 4) is 0 Å². The lowest BCUT2D eigenvalue weighted by Crippen LogP contribution is -2.31. The molecule has 0 radical (unpaired) electrons. The lowest BCUT2D eigenvalue weighted by atomic mass is 9.98. The summed E-state index contributed by atoms with van der Waals surface area (Å²) in [6, 6.07) is 6.23. The van der Waals surface area contributed by atoms with Crippen molar-refractivity contribution < 1.29 is 0 Å². The molecule has 0 saturated heterocycles. The Hall–Kier alpha value is -1.81. The van der Waals surface area contributed by atoms with E-state index in [9.17, 15) is 0 Å². The maximum atomic E-state index is 6.03. The average molecular weight is 256 g/mol. The van der Waals surface area contributed by atoms with Gasteiger partial charge in [0, 0.05) is 37.7 Å². The van der Waals surface area contributed by atoms with Crippen molar-refractivity contribution in [3.63, 3.8) is 0 Å². The second-order valence-electron chi connectivity index (χ2n) is 5.08. The first-order chi connectivity index (χ1) is 9.28. The van der Waals surface area contributed by atoms with E-state index in [0.717, 1.165) is 44.1 Å². The van der Waals surface area contributed by atoms with Gasteiger partial charge in [0.2, 0.25) is 0 Å². The number of nitrogens with two attached hydrogens (primary N) is 1. The number of anilines is 1. The molecule has 2 N–H and O–H groups in total. The minimum atomic E-state index is 0.912. The van der Waals surface area contributed by atoms with Gasteiger partial charge in [0.15, 0.2) is 0 Å². The summed E-state index contributed by atoms with van der Waals surface area (Å²) in [5.74, 6) is 1.15. The second kappa shape index (κ2) is 5.05. The van der Waals surface area contributed by atoms with E-state index >= 15 is 0 Å². The molecule has 1 aromatic heterocycles. The van der Waals surface area contributed by atoms with Crippen molar-refractivity contribution in [2.45, 2.75) is 33.0 Å². The van der Waals surface area contributed by atoms with Gasteiger partial charge in [-0.05, 0) is 30.5 Å². The summed E-state index contributed by atoms with van der Waals surface area (Å²) >= 11 is 0. The molecule has 0 unspecified atom stereocenters. The first-order valence-corrected chi connectivity index (χ1v) is 6.86.